The molecule has 1 aromatic rings. The van der Waals surface area contributed by atoms with Crippen molar-refractivity contribution in [3.8, 4) is 5.75 Å². The molecule has 0 fully saturated rings. The van der Waals surface area contributed by atoms with Crippen molar-refractivity contribution in [1.29, 1.82) is 0 Å². The van der Waals surface area contributed by atoms with Crippen molar-refractivity contribution < 1.29 is 14.3 Å². The van der Waals surface area contributed by atoms with E-state index in [1.807, 2.05) is 0 Å². The zero-order chi connectivity index (χ0) is 15.3. The Morgan fingerprint density at radius 2 is 2.05 bits per heavy atom. The maximum Gasteiger partial charge on any atom is 0.259 e. The van der Waals surface area contributed by atoms with E-state index in [1.165, 1.54) is 11.0 Å². The van der Waals surface area contributed by atoms with Crippen LogP contribution in [-0.4, -0.2) is 43.5 Å². The van der Waals surface area contributed by atoms with E-state index in [0.717, 1.165) is 0 Å². The molecule has 0 aromatic heterocycles. The van der Waals surface area contributed by atoms with Gasteiger partial charge in [0.05, 0.1) is 11.1 Å². The number of nitrogens with one attached hydrogen (secondary N) is 1. The molecule has 8 heteroatoms. The molecule has 1 aromatic carbocycles. The highest BCUT2D eigenvalue weighted by molar-refractivity contribution is 6.32. The molecule has 0 aliphatic carbocycles. The Morgan fingerprint density at radius 3 is 2.52 bits per heavy atom. The third kappa shape index (κ3) is 6.20. The molecule has 6 nitrogen and oxygen atoms in total. The fourth-order valence-electron chi connectivity index (χ4n) is 1.22. The summed E-state index contributed by atoms with van der Waals surface area (Å²) in [6.45, 7) is 1.49. The number of hydrogen-bond acceptors (Lipinski definition) is 4. The molecule has 0 spiro atoms. The molecule has 0 bridgehead atoms. The van der Waals surface area contributed by atoms with Gasteiger partial charge in [0.15, 0.2) is 6.61 Å². The van der Waals surface area contributed by atoms with Gasteiger partial charge in [-0.15, -0.1) is 12.4 Å². The van der Waals surface area contributed by atoms with E-state index < -0.39 is 6.04 Å². The molecule has 118 valence electrons. The monoisotopic (exact) mass is 335 g/mol. The number of nitrogens with zero attached hydrogens (tertiary/aromatic N) is 1. The van der Waals surface area contributed by atoms with E-state index in [2.05, 4.69) is 5.32 Å². The minimum Gasteiger partial charge on any atom is -0.482 e. The molecule has 0 heterocycles. The van der Waals surface area contributed by atoms with E-state index >= 15 is 0 Å². The number of hydrogen-bond donors (Lipinski definition) is 2. The van der Waals surface area contributed by atoms with Crippen LogP contribution < -0.4 is 15.8 Å². The summed E-state index contributed by atoms with van der Waals surface area (Å²) >= 11 is 6.02. The third-order valence-corrected chi connectivity index (χ3v) is 2.76. The SMILES string of the molecule is C[C@@H](N)C(=O)Nc1ccc(OCC(=O)N(C)C)c(Cl)c1.Cl. The van der Waals surface area contributed by atoms with E-state index in [4.69, 9.17) is 22.1 Å². The molecule has 0 unspecified atom stereocenters. The molecule has 0 saturated carbocycles. The van der Waals surface area contributed by atoms with Crippen molar-refractivity contribution in [2.75, 3.05) is 26.0 Å². The smallest absolute Gasteiger partial charge is 0.259 e. The molecular formula is C13H19Cl2N3O3. The van der Waals surface area contributed by atoms with Crippen LogP contribution in [0.2, 0.25) is 5.02 Å². The maximum atomic E-state index is 11.4. The van der Waals surface area contributed by atoms with Crippen molar-refractivity contribution in [1.82, 2.24) is 4.90 Å². The molecular weight excluding hydrogens is 317 g/mol. The Labute approximate surface area is 135 Å². The molecule has 1 rings (SSSR count). The summed E-state index contributed by atoms with van der Waals surface area (Å²) < 4.78 is 5.31. The van der Waals surface area contributed by atoms with Crippen molar-refractivity contribution >= 4 is 41.5 Å². The van der Waals surface area contributed by atoms with Crippen LogP contribution in [0, 0.1) is 0 Å². The maximum absolute atomic E-state index is 11.4. The summed E-state index contributed by atoms with van der Waals surface area (Å²) in [6.07, 6.45) is 0. The van der Waals surface area contributed by atoms with Crippen molar-refractivity contribution in [3.05, 3.63) is 23.2 Å². The number of likely N-dealkylation sites (N-methyl/N-ethyl adjacent to an activating group) is 1. The highest BCUT2D eigenvalue weighted by Crippen LogP contribution is 2.27. The molecule has 21 heavy (non-hydrogen) atoms. The highest BCUT2D eigenvalue weighted by Gasteiger charge is 2.11. The van der Waals surface area contributed by atoms with Gasteiger partial charge in [0, 0.05) is 19.8 Å². The lowest BCUT2D eigenvalue weighted by molar-refractivity contribution is -0.130. The number of amides is 2. The summed E-state index contributed by atoms with van der Waals surface area (Å²) in [6, 6.07) is 4.14. The predicted octanol–water partition coefficient (Wildman–Crippen LogP) is 1.51. The van der Waals surface area contributed by atoms with Crippen LogP contribution in [0.1, 0.15) is 6.92 Å². The second-order valence-corrected chi connectivity index (χ2v) is 4.91. The van der Waals surface area contributed by atoms with Crippen LogP contribution >= 0.6 is 24.0 Å². The number of anilines is 1. The van der Waals surface area contributed by atoms with Gasteiger partial charge in [-0.05, 0) is 25.1 Å². The second-order valence-electron chi connectivity index (χ2n) is 4.50. The first kappa shape index (κ1) is 19.5. The fraction of sp³-hybridized carbons (Fsp3) is 0.385. The molecule has 1 atom stereocenters. The number of halogens is 2. The van der Waals surface area contributed by atoms with E-state index in [0.29, 0.717) is 16.5 Å². The van der Waals surface area contributed by atoms with Crippen molar-refractivity contribution in [2.45, 2.75) is 13.0 Å². The number of nitrogens with two attached hydrogens (primary N) is 1. The predicted molar refractivity (Wildman–Crippen MR) is 85.2 cm³/mol. The van der Waals surface area contributed by atoms with Gasteiger partial charge in [-0.2, -0.15) is 0 Å². The molecule has 0 aliphatic heterocycles. The quantitative estimate of drug-likeness (QED) is 0.854. The van der Waals surface area contributed by atoms with Gasteiger partial charge in [0.1, 0.15) is 5.75 Å². The molecule has 0 aliphatic rings. The number of benzene rings is 1. The van der Waals surface area contributed by atoms with Gasteiger partial charge in [-0.3, -0.25) is 9.59 Å². The number of ether oxygens (including phenoxy) is 1. The van der Waals surface area contributed by atoms with Crippen LogP contribution in [-0.2, 0) is 9.59 Å². The summed E-state index contributed by atoms with van der Waals surface area (Å²) in [5.74, 6) is -0.103. The van der Waals surface area contributed by atoms with Crippen LogP contribution in [0.15, 0.2) is 18.2 Å². The third-order valence-electron chi connectivity index (χ3n) is 2.46. The van der Waals surface area contributed by atoms with Crippen molar-refractivity contribution in [2.24, 2.45) is 5.73 Å². The number of carbonyl (C=O) groups excluding carboxylic acids is 2. The average Bonchev–Trinajstić information content (AvgIpc) is 2.37. The summed E-state index contributed by atoms with van der Waals surface area (Å²) in [5, 5.41) is 2.92. The second kappa shape index (κ2) is 8.71. The molecule has 2 amide bonds. The minimum absolute atomic E-state index is 0. The van der Waals surface area contributed by atoms with E-state index in [-0.39, 0.29) is 30.8 Å². The Morgan fingerprint density at radius 1 is 1.43 bits per heavy atom. The first-order valence-electron chi connectivity index (χ1n) is 6.00. The highest BCUT2D eigenvalue weighted by atomic mass is 35.5. The van der Waals surface area contributed by atoms with Gasteiger partial charge < -0.3 is 20.7 Å². The minimum atomic E-state index is -0.609. The number of carbonyl (C=O) groups is 2. The van der Waals surface area contributed by atoms with Gasteiger partial charge >= 0.3 is 0 Å². The van der Waals surface area contributed by atoms with Crippen LogP contribution in [0.5, 0.6) is 5.75 Å². The van der Waals surface area contributed by atoms with E-state index in [1.54, 1.807) is 33.2 Å². The van der Waals surface area contributed by atoms with Gasteiger partial charge in [-0.25, -0.2) is 0 Å². The fourth-order valence-corrected chi connectivity index (χ4v) is 1.46. The summed E-state index contributed by atoms with van der Waals surface area (Å²) in [5.41, 5.74) is 5.97. The Bertz CT molecular complexity index is 507. The molecule has 0 saturated heterocycles. The standard InChI is InChI=1S/C13H18ClN3O3.ClH/c1-8(15)13(19)16-9-4-5-11(10(14)6-9)20-7-12(18)17(2)3;/h4-6,8H,7,15H2,1-3H3,(H,16,19);1H/t8-;/m1./s1. The van der Waals surface area contributed by atoms with Crippen LogP contribution in [0.4, 0.5) is 5.69 Å². The lowest BCUT2D eigenvalue weighted by Gasteiger charge is -2.13. The zero-order valence-corrected chi connectivity index (χ0v) is 13.6. The summed E-state index contributed by atoms with van der Waals surface area (Å²) in [7, 11) is 3.28. The summed E-state index contributed by atoms with van der Waals surface area (Å²) in [4.78, 5) is 24.3. The largest absolute Gasteiger partial charge is 0.482 e. The lowest BCUT2D eigenvalue weighted by atomic mass is 10.2. The topological polar surface area (TPSA) is 84.7 Å². The first-order valence-corrected chi connectivity index (χ1v) is 6.38. The van der Waals surface area contributed by atoms with Gasteiger partial charge in [0.2, 0.25) is 5.91 Å². The van der Waals surface area contributed by atoms with Crippen LogP contribution in [0.3, 0.4) is 0 Å². The zero-order valence-electron chi connectivity index (χ0n) is 12.1. The van der Waals surface area contributed by atoms with Gasteiger partial charge in [0.25, 0.3) is 5.91 Å². The molecule has 0 radical (unpaired) electrons. The van der Waals surface area contributed by atoms with Crippen LogP contribution in [0.25, 0.3) is 0 Å². The lowest BCUT2D eigenvalue weighted by Crippen LogP contribution is -2.32. The van der Waals surface area contributed by atoms with Crippen molar-refractivity contribution in [3.63, 3.8) is 0 Å². The number of rotatable bonds is 5. The first-order chi connectivity index (χ1) is 9.31. The Balaban J connectivity index is 0.00000400. The normalized spacial score (nSPS) is 11.1. The van der Waals surface area contributed by atoms with Gasteiger partial charge in [-0.1, -0.05) is 11.6 Å². The Kier molecular flexibility index (Phi) is 8.09. The average molecular weight is 336 g/mol. The molecule has 3 N–H and O–H groups in total. The van der Waals surface area contributed by atoms with E-state index in [9.17, 15) is 9.59 Å². The Hall–Kier alpha value is -1.50.